The van der Waals surface area contributed by atoms with Gasteiger partial charge in [0.25, 0.3) is 0 Å². The molecule has 1 nitrogen and oxygen atoms in total. The fourth-order valence-corrected chi connectivity index (χ4v) is 1.95. The molecule has 2 aromatic rings. The molecule has 0 aliphatic rings. The fraction of sp³-hybridized carbons (Fsp3) is 0.188. The first kappa shape index (κ1) is 13.4. The first-order chi connectivity index (χ1) is 8.91. The van der Waals surface area contributed by atoms with Crippen molar-refractivity contribution in [2.24, 2.45) is 0 Å². The summed E-state index contributed by atoms with van der Waals surface area (Å²) in [5.74, 6) is -2.53. The van der Waals surface area contributed by atoms with Gasteiger partial charge in [0.2, 0.25) is 0 Å². The lowest BCUT2D eigenvalue weighted by Crippen LogP contribution is -2.08. The van der Waals surface area contributed by atoms with Crippen LogP contribution in [0.1, 0.15) is 32.6 Å². The van der Waals surface area contributed by atoms with Crippen LogP contribution in [0.4, 0.5) is 8.78 Å². The minimum atomic E-state index is -1.08. The minimum Gasteiger partial charge on any atom is -0.288 e. The average molecular weight is 260 g/mol. The summed E-state index contributed by atoms with van der Waals surface area (Å²) >= 11 is 0. The third kappa shape index (κ3) is 2.41. The van der Waals surface area contributed by atoms with Crippen LogP contribution in [0.15, 0.2) is 30.3 Å². The molecule has 19 heavy (non-hydrogen) atoms. The Balaban J connectivity index is 2.56. The van der Waals surface area contributed by atoms with Gasteiger partial charge in [-0.2, -0.15) is 0 Å². The van der Waals surface area contributed by atoms with E-state index in [1.54, 1.807) is 19.1 Å². The maximum absolute atomic E-state index is 13.8. The van der Waals surface area contributed by atoms with Gasteiger partial charge in [0.15, 0.2) is 17.4 Å². The van der Waals surface area contributed by atoms with E-state index in [0.717, 1.165) is 11.1 Å². The van der Waals surface area contributed by atoms with E-state index in [2.05, 4.69) is 0 Å². The Hall–Kier alpha value is -2.03. The standard InChI is InChI=1S/C16H14F2O/c1-9-4-5-10(2)13(8-9)16(19)12-7-6-11(3)14(17)15(12)18/h4-8H,1-3H3. The summed E-state index contributed by atoms with van der Waals surface area (Å²) in [6.45, 7) is 5.09. The van der Waals surface area contributed by atoms with Crippen LogP contribution in [0.25, 0.3) is 0 Å². The van der Waals surface area contributed by atoms with Crippen LogP contribution in [0.3, 0.4) is 0 Å². The molecule has 0 amide bonds. The monoisotopic (exact) mass is 260 g/mol. The maximum Gasteiger partial charge on any atom is 0.196 e. The Labute approximate surface area is 110 Å². The zero-order valence-corrected chi connectivity index (χ0v) is 11.1. The van der Waals surface area contributed by atoms with E-state index in [9.17, 15) is 13.6 Å². The number of ketones is 1. The molecule has 0 saturated carbocycles. The van der Waals surface area contributed by atoms with Gasteiger partial charge >= 0.3 is 0 Å². The molecule has 0 saturated heterocycles. The van der Waals surface area contributed by atoms with E-state index < -0.39 is 17.4 Å². The highest BCUT2D eigenvalue weighted by Gasteiger charge is 2.19. The smallest absolute Gasteiger partial charge is 0.196 e. The molecular formula is C16H14F2O. The zero-order chi connectivity index (χ0) is 14.2. The summed E-state index contributed by atoms with van der Waals surface area (Å²) in [7, 11) is 0. The minimum absolute atomic E-state index is 0.190. The summed E-state index contributed by atoms with van der Waals surface area (Å²) in [4.78, 5) is 12.3. The number of hydrogen-bond donors (Lipinski definition) is 0. The van der Waals surface area contributed by atoms with Crippen molar-refractivity contribution in [3.63, 3.8) is 0 Å². The van der Waals surface area contributed by atoms with Crippen molar-refractivity contribution in [2.45, 2.75) is 20.8 Å². The number of hydrogen-bond acceptors (Lipinski definition) is 1. The van der Waals surface area contributed by atoms with E-state index in [1.807, 2.05) is 13.0 Å². The van der Waals surface area contributed by atoms with Gasteiger partial charge in [0, 0.05) is 5.56 Å². The predicted molar refractivity (Wildman–Crippen MR) is 70.4 cm³/mol. The first-order valence-electron chi connectivity index (χ1n) is 5.98. The quantitative estimate of drug-likeness (QED) is 0.742. The van der Waals surface area contributed by atoms with Crippen molar-refractivity contribution >= 4 is 5.78 Å². The van der Waals surface area contributed by atoms with Crippen molar-refractivity contribution in [2.75, 3.05) is 0 Å². The van der Waals surface area contributed by atoms with Gasteiger partial charge in [-0.15, -0.1) is 0 Å². The van der Waals surface area contributed by atoms with Gasteiger partial charge in [-0.25, -0.2) is 8.78 Å². The average Bonchev–Trinajstić information content (AvgIpc) is 2.38. The van der Waals surface area contributed by atoms with Crippen LogP contribution >= 0.6 is 0 Å². The van der Waals surface area contributed by atoms with Crippen LogP contribution in [0.5, 0.6) is 0 Å². The Kier molecular flexibility index (Phi) is 3.47. The van der Waals surface area contributed by atoms with Crippen LogP contribution in [0.2, 0.25) is 0 Å². The molecule has 0 bridgehead atoms. The van der Waals surface area contributed by atoms with Crippen molar-refractivity contribution in [3.8, 4) is 0 Å². The lowest BCUT2D eigenvalue weighted by atomic mass is 9.96. The highest BCUT2D eigenvalue weighted by molar-refractivity contribution is 6.10. The van der Waals surface area contributed by atoms with Crippen molar-refractivity contribution < 1.29 is 13.6 Å². The Morgan fingerprint density at radius 3 is 2.16 bits per heavy atom. The molecule has 0 N–H and O–H groups in total. The van der Waals surface area contributed by atoms with Crippen LogP contribution in [-0.2, 0) is 0 Å². The molecule has 0 radical (unpaired) electrons. The van der Waals surface area contributed by atoms with Crippen molar-refractivity contribution in [1.82, 2.24) is 0 Å². The number of halogens is 2. The van der Waals surface area contributed by atoms with Crippen molar-refractivity contribution in [1.29, 1.82) is 0 Å². The number of carbonyl (C=O) groups is 1. The fourth-order valence-electron chi connectivity index (χ4n) is 1.95. The first-order valence-corrected chi connectivity index (χ1v) is 5.98. The second-order valence-electron chi connectivity index (χ2n) is 4.71. The topological polar surface area (TPSA) is 17.1 Å². The summed E-state index contributed by atoms with van der Waals surface area (Å²) in [5.41, 5.74) is 2.02. The Morgan fingerprint density at radius 2 is 1.47 bits per heavy atom. The SMILES string of the molecule is Cc1ccc(C)c(C(=O)c2ccc(C)c(F)c2F)c1. The molecule has 0 aromatic heterocycles. The molecule has 0 atom stereocenters. The van der Waals surface area contributed by atoms with Crippen LogP contribution in [0, 0.1) is 32.4 Å². The molecule has 0 heterocycles. The molecule has 3 heteroatoms. The summed E-state index contributed by atoms with van der Waals surface area (Å²) in [5, 5.41) is 0. The Bertz CT molecular complexity index is 660. The molecule has 0 spiro atoms. The molecule has 0 aliphatic carbocycles. The highest BCUT2D eigenvalue weighted by Crippen LogP contribution is 2.21. The van der Waals surface area contributed by atoms with Gasteiger partial charge < -0.3 is 0 Å². The predicted octanol–water partition coefficient (Wildman–Crippen LogP) is 4.12. The molecule has 0 fully saturated rings. The normalized spacial score (nSPS) is 10.6. The van der Waals surface area contributed by atoms with E-state index in [-0.39, 0.29) is 11.1 Å². The molecular weight excluding hydrogens is 246 g/mol. The van der Waals surface area contributed by atoms with E-state index in [1.165, 1.54) is 19.1 Å². The van der Waals surface area contributed by atoms with Crippen LogP contribution < -0.4 is 0 Å². The third-order valence-electron chi connectivity index (χ3n) is 3.16. The van der Waals surface area contributed by atoms with Gasteiger partial charge in [0.1, 0.15) is 0 Å². The lowest BCUT2D eigenvalue weighted by molar-refractivity contribution is 0.103. The zero-order valence-electron chi connectivity index (χ0n) is 11.1. The van der Waals surface area contributed by atoms with Crippen LogP contribution in [-0.4, -0.2) is 5.78 Å². The Morgan fingerprint density at radius 1 is 0.842 bits per heavy atom. The van der Waals surface area contributed by atoms with Crippen molar-refractivity contribution in [3.05, 3.63) is 69.8 Å². The summed E-state index contributed by atoms with van der Waals surface area (Å²) in [6, 6.07) is 8.10. The van der Waals surface area contributed by atoms with E-state index >= 15 is 0 Å². The highest BCUT2D eigenvalue weighted by atomic mass is 19.2. The van der Waals surface area contributed by atoms with E-state index in [0.29, 0.717) is 5.56 Å². The summed E-state index contributed by atoms with van der Waals surface area (Å²) in [6.07, 6.45) is 0. The van der Waals surface area contributed by atoms with Gasteiger partial charge in [0.05, 0.1) is 5.56 Å². The molecule has 2 aromatic carbocycles. The summed E-state index contributed by atoms with van der Waals surface area (Å²) < 4.78 is 27.4. The maximum atomic E-state index is 13.8. The second-order valence-corrected chi connectivity index (χ2v) is 4.71. The second kappa shape index (κ2) is 4.92. The number of aryl methyl sites for hydroxylation is 3. The molecule has 0 unspecified atom stereocenters. The lowest BCUT2D eigenvalue weighted by Gasteiger charge is -2.08. The molecule has 0 aliphatic heterocycles. The largest absolute Gasteiger partial charge is 0.288 e. The van der Waals surface area contributed by atoms with E-state index in [4.69, 9.17) is 0 Å². The van der Waals surface area contributed by atoms with Gasteiger partial charge in [-0.05, 0) is 44.0 Å². The number of benzene rings is 2. The molecule has 2 rings (SSSR count). The van der Waals surface area contributed by atoms with Gasteiger partial charge in [-0.3, -0.25) is 4.79 Å². The third-order valence-corrected chi connectivity index (χ3v) is 3.16. The number of carbonyl (C=O) groups excluding carboxylic acids is 1. The number of rotatable bonds is 2. The molecule has 98 valence electrons. The van der Waals surface area contributed by atoms with Gasteiger partial charge in [-0.1, -0.05) is 23.8 Å².